The number of ether oxygens (including phenoxy) is 1. The van der Waals surface area contributed by atoms with Gasteiger partial charge in [0.1, 0.15) is 5.75 Å². The van der Waals surface area contributed by atoms with E-state index in [1.807, 2.05) is 11.0 Å². The van der Waals surface area contributed by atoms with E-state index in [9.17, 15) is 9.59 Å². The van der Waals surface area contributed by atoms with Crippen molar-refractivity contribution in [2.75, 3.05) is 26.7 Å². The van der Waals surface area contributed by atoms with E-state index in [1.165, 1.54) is 11.1 Å². The minimum Gasteiger partial charge on any atom is -0.496 e. The lowest BCUT2D eigenvalue weighted by molar-refractivity contribution is -0.133. The van der Waals surface area contributed by atoms with Gasteiger partial charge in [0.05, 0.1) is 7.11 Å². The van der Waals surface area contributed by atoms with Gasteiger partial charge in [-0.25, -0.2) is 0 Å². The molecule has 1 aliphatic rings. The van der Waals surface area contributed by atoms with Crippen molar-refractivity contribution in [2.45, 2.75) is 40.0 Å². The Hall–Kier alpha value is -2.04. The summed E-state index contributed by atoms with van der Waals surface area (Å²) in [6, 6.07) is 4.18. The van der Waals surface area contributed by atoms with Crippen molar-refractivity contribution in [3.63, 3.8) is 0 Å². The molecule has 2 rings (SSSR count). The number of carbonyl (C=O) groups excluding carboxylic acids is 2. The summed E-state index contributed by atoms with van der Waals surface area (Å²) in [6.45, 7) is 7.69. The van der Waals surface area contributed by atoms with Crippen molar-refractivity contribution in [3.8, 4) is 5.75 Å². The molecule has 0 radical (unpaired) electrons. The molecule has 0 atom stereocenters. The van der Waals surface area contributed by atoms with Crippen LogP contribution in [0.25, 0.3) is 0 Å². The molecule has 132 valence electrons. The van der Waals surface area contributed by atoms with Gasteiger partial charge in [-0.05, 0) is 55.9 Å². The molecule has 1 fully saturated rings. The molecule has 5 nitrogen and oxygen atoms in total. The first-order valence-corrected chi connectivity index (χ1v) is 8.59. The Balaban J connectivity index is 1.83. The SMILES string of the molecule is COc1cc(C)c(C)cc1CCNC(=O)C1CCN(C(C)=O)CC1. The van der Waals surface area contributed by atoms with Gasteiger partial charge in [0.25, 0.3) is 0 Å². The van der Waals surface area contributed by atoms with Crippen LogP contribution in [0.1, 0.15) is 36.5 Å². The smallest absolute Gasteiger partial charge is 0.223 e. The summed E-state index contributed by atoms with van der Waals surface area (Å²) in [4.78, 5) is 25.4. The zero-order chi connectivity index (χ0) is 17.7. The molecule has 2 amide bonds. The van der Waals surface area contributed by atoms with Gasteiger partial charge in [0, 0.05) is 32.5 Å². The zero-order valence-electron chi connectivity index (χ0n) is 15.1. The largest absolute Gasteiger partial charge is 0.496 e. The van der Waals surface area contributed by atoms with Crippen molar-refractivity contribution in [2.24, 2.45) is 5.92 Å². The van der Waals surface area contributed by atoms with E-state index in [0.29, 0.717) is 19.6 Å². The van der Waals surface area contributed by atoms with Gasteiger partial charge in [-0.3, -0.25) is 9.59 Å². The lowest BCUT2D eigenvalue weighted by atomic mass is 9.95. The number of rotatable bonds is 5. The molecule has 1 aliphatic heterocycles. The van der Waals surface area contributed by atoms with E-state index in [1.54, 1.807) is 14.0 Å². The second-order valence-corrected chi connectivity index (χ2v) is 6.57. The van der Waals surface area contributed by atoms with E-state index < -0.39 is 0 Å². The molecule has 0 spiro atoms. The molecule has 0 bridgehead atoms. The van der Waals surface area contributed by atoms with Crippen molar-refractivity contribution < 1.29 is 14.3 Å². The second-order valence-electron chi connectivity index (χ2n) is 6.57. The van der Waals surface area contributed by atoms with Crippen LogP contribution in [0, 0.1) is 19.8 Å². The molecular weight excluding hydrogens is 304 g/mol. The Morgan fingerprint density at radius 1 is 1.21 bits per heavy atom. The third-order valence-corrected chi connectivity index (χ3v) is 4.90. The fourth-order valence-corrected chi connectivity index (χ4v) is 3.16. The molecule has 24 heavy (non-hydrogen) atoms. The van der Waals surface area contributed by atoms with Crippen molar-refractivity contribution in [1.82, 2.24) is 10.2 Å². The number of benzene rings is 1. The van der Waals surface area contributed by atoms with Gasteiger partial charge in [-0.2, -0.15) is 0 Å². The van der Waals surface area contributed by atoms with Crippen molar-refractivity contribution >= 4 is 11.8 Å². The maximum atomic E-state index is 12.3. The average Bonchev–Trinajstić information content (AvgIpc) is 2.57. The molecular formula is C19H28N2O3. The van der Waals surface area contributed by atoms with Gasteiger partial charge in [-0.15, -0.1) is 0 Å². The van der Waals surface area contributed by atoms with Crippen LogP contribution in [-0.2, 0) is 16.0 Å². The first kappa shape index (κ1) is 18.3. The Labute approximate surface area is 144 Å². The highest BCUT2D eigenvalue weighted by Crippen LogP contribution is 2.23. The van der Waals surface area contributed by atoms with Gasteiger partial charge in [0.2, 0.25) is 11.8 Å². The standard InChI is InChI=1S/C19H28N2O3/c1-13-11-17(18(24-4)12-14(13)2)5-8-20-19(23)16-6-9-21(10-7-16)15(3)22/h11-12,16H,5-10H2,1-4H3,(H,20,23). The first-order valence-electron chi connectivity index (χ1n) is 8.59. The fraction of sp³-hybridized carbons (Fsp3) is 0.579. The van der Waals surface area contributed by atoms with Crippen LogP contribution >= 0.6 is 0 Å². The quantitative estimate of drug-likeness (QED) is 0.899. The second kappa shape index (κ2) is 8.18. The van der Waals surface area contributed by atoms with Crippen molar-refractivity contribution in [1.29, 1.82) is 0 Å². The monoisotopic (exact) mass is 332 g/mol. The van der Waals surface area contributed by atoms with Crippen LogP contribution < -0.4 is 10.1 Å². The summed E-state index contributed by atoms with van der Waals surface area (Å²) in [5, 5.41) is 3.03. The Morgan fingerprint density at radius 2 is 1.83 bits per heavy atom. The van der Waals surface area contributed by atoms with Gasteiger partial charge < -0.3 is 15.0 Å². The lowest BCUT2D eigenvalue weighted by Crippen LogP contribution is -2.42. The lowest BCUT2D eigenvalue weighted by Gasteiger charge is -2.30. The Morgan fingerprint density at radius 3 is 2.42 bits per heavy atom. The predicted octanol–water partition coefficient (Wildman–Crippen LogP) is 2.23. The normalized spacial score (nSPS) is 15.2. The third-order valence-electron chi connectivity index (χ3n) is 4.90. The van der Waals surface area contributed by atoms with Crippen LogP contribution in [0.5, 0.6) is 5.75 Å². The number of likely N-dealkylation sites (tertiary alicyclic amines) is 1. The first-order chi connectivity index (χ1) is 11.4. The fourth-order valence-electron chi connectivity index (χ4n) is 3.16. The maximum Gasteiger partial charge on any atom is 0.223 e. The Bertz CT molecular complexity index is 605. The number of piperidine rings is 1. The molecule has 5 heteroatoms. The Kier molecular flexibility index (Phi) is 6.23. The van der Waals surface area contributed by atoms with Crippen LogP contribution in [0.3, 0.4) is 0 Å². The molecule has 1 heterocycles. The zero-order valence-corrected chi connectivity index (χ0v) is 15.1. The number of hydrogen-bond acceptors (Lipinski definition) is 3. The van der Waals surface area contributed by atoms with Crippen LogP contribution in [0.4, 0.5) is 0 Å². The molecule has 0 aliphatic carbocycles. The number of nitrogens with zero attached hydrogens (tertiary/aromatic N) is 1. The van der Waals surface area contributed by atoms with E-state index in [4.69, 9.17) is 4.74 Å². The summed E-state index contributed by atoms with van der Waals surface area (Å²) in [7, 11) is 1.68. The van der Waals surface area contributed by atoms with E-state index in [-0.39, 0.29) is 17.7 Å². The number of amides is 2. The topological polar surface area (TPSA) is 58.6 Å². The van der Waals surface area contributed by atoms with Gasteiger partial charge in [0.15, 0.2) is 0 Å². The number of methoxy groups -OCH3 is 1. The number of aryl methyl sites for hydroxylation is 2. The summed E-state index contributed by atoms with van der Waals surface area (Å²) < 4.78 is 5.44. The highest BCUT2D eigenvalue weighted by Gasteiger charge is 2.25. The molecule has 1 N–H and O–H groups in total. The summed E-state index contributed by atoms with van der Waals surface area (Å²) in [6.07, 6.45) is 2.25. The minimum absolute atomic E-state index is 0.0160. The molecule has 0 aromatic heterocycles. The summed E-state index contributed by atoms with van der Waals surface area (Å²) in [5.74, 6) is 1.08. The van der Waals surface area contributed by atoms with Crippen LogP contribution in [-0.4, -0.2) is 43.5 Å². The van der Waals surface area contributed by atoms with E-state index in [2.05, 4.69) is 25.2 Å². The van der Waals surface area contributed by atoms with E-state index >= 15 is 0 Å². The number of carbonyl (C=O) groups is 2. The maximum absolute atomic E-state index is 12.3. The molecule has 1 aromatic carbocycles. The molecule has 0 unspecified atom stereocenters. The average molecular weight is 332 g/mol. The van der Waals surface area contributed by atoms with Crippen molar-refractivity contribution in [3.05, 3.63) is 28.8 Å². The van der Waals surface area contributed by atoms with Gasteiger partial charge in [-0.1, -0.05) is 6.07 Å². The number of hydrogen-bond donors (Lipinski definition) is 1. The van der Waals surface area contributed by atoms with Crippen LogP contribution in [0.2, 0.25) is 0 Å². The summed E-state index contributed by atoms with van der Waals surface area (Å²) in [5.41, 5.74) is 3.55. The number of nitrogens with one attached hydrogen (secondary N) is 1. The minimum atomic E-state index is 0.0160. The molecule has 1 aromatic rings. The predicted molar refractivity (Wildman–Crippen MR) is 94.2 cm³/mol. The third kappa shape index (κ3) is 4.49. The van der Waals surface area contributed by atoms with Crippen LogP contribution in [0.15, 0.2) is 12.1 Å². The summed E-state index contributed by atoms with van der Waals surface area (Å²) >= 11 is 0. The highest BCUT2D eigenvalue weighted by molar-refractivity contribution is 5.79. The molecule has 0 saturated carbocycles. The highest BCUT2D eigenvalue weighted by atomic mass is 16.5. The van der Waals surface area contributed by atoms with Gasteiger partial charge >= 0.3 is 0 Å². The van der Waals surface area contributed by atoms with E-state index in [0.717, 1.165) is 30.6 Å². The molecule has 1 saturated heterocycles.